The van der Waals surface area contributed by atoms with E-state index >= 15 is 0 Å². The highest BCUT2D eigenvalue weighted by atomic mass is 15.1. The first-order valence-electron chi connectivity index (χ1n) is 7.44. The van der Waals surface area contributed by atoms with E-state index in [9.17, 15) is 0 Å². The Morgan fingerprint density at radius 3 is 2.64 bits per heavy atom. The molecule has 0 radical (unpaired) electrons. The van der Waals surface area contributed by atoms with Crippen molar-refractivity contribution >= 4 is 27.6 Å². The highest BCUT2D eigenvalue weighted by molar-refractivity contribution is 5.96. The molecule has 0 spiro atoms. The summed E-state index contributed by atoms with van der Waals surface area (Å²) in [4.78, 5) is 11.9. The Labute approximate surface area is 129 Å². The van der Waals surface area contributed by atoms with E-state index in [1.165, 1.54) is 5.56 Å². The summed E-state index contributed by atoms with van der Waals surface area (Å²) in [5, 5.41) is 1.11. The number of para-hydroxylation sites is 2. The lowest BCUT2D eigenvalue weighted by Gasteiger charge is -2.13. The van der Waals surface area contributed by atoms with Crippen LogP contribution in [0.25, 0.3) is 27.6 Å². The molecule has 0 saturated heterocycles. The molecule has 0 amide bonds. The monoisotopic (exact) mass is 290 g/mol. The Bertz CT molecular complexity index is 998. The van der Waals surface area contributed by atoms with Gasteiger partial charge in [0.05, 0.1) is 23.1 Å². The third kappa shape index (κ3) is 1.96. The van der Waals surface area contributed by atoms with Crippen LogP contribution in [0.1, 0.15) is 11.4 Å². The highest BCUT2D eigenvalue weighted by Gasteiger charge is 2.14. The molecule has 0 saturated carbocycles. The molecule has 0 N–H and O–H groups in total. The number of hydrogen-bond acceptors (Lipinski definition) is 3. The van der Waals surface area contributed by atoms with Gasteiger partial charge in [0, 0.05) is 5.39 Å². The third-order valence-electron chi connectivity index (χ3n) is 3.92. The van der Waals surface area contributed by atoms with Crippen LogP contribution < -0.4 is 0 Å². The summed E-state index contributed by atoms with van der Waals surface area (Å²) in [5.41, 5.74) is 5.35. The molecule has 2 aromatic carbocycles. The first-order chi connectivity index (χ1) is 10.6. The summed E-state index contributed by atoms with van der Waals surface area (Å²) in [6.07, 6.45) is 0. The molecule has 2 aromatic heterocycles. The molecule has 0 atom stereocenters. The van der Waals surface area contributed by atoms with Crippen LogP contribution in [0.3, 0.4) is 0 Å². The Kier molecular flexibility index (Phi) is 2.87. The van der Waals surface area contributed by atoms with Crippen LogP contribution in [0.4, 0.5) is 0 Å². The fourth-order valence-electron chi connectivity index (χ4n) is 2.97. The van der Waals surface area contributed by atoms with Crippen LogP contribution in [0.2, 0.25) is 0 Å². The van der Waals surface area contributed by atoms with E-state index in [1.807, 2.05) is 6.07 Å². The van der Waals surface area contributed by atoms with Crippen molar-refractivity contribution in [2.75, 3.05) is 14.1 Å². The van der Waals surface area contributed by atoms with Gasteiger partial charge in [0.25, 0.3) is 0 Å². The molecular formula is C18H18N4. The van der Waals surface area contributed by atoms with Gasteiger partial charge in [-0.25, -0.2) is 9.97 Å². The number of imidazole rings is 1. The number of rotatable bonds is 2. The van der Waals surface area contributed by atoms with Gasteiger partial charge in [-0.15, -0.1) is 0 Å². The van der Waals surface area contributed by atoms with Gasteiger partial charge in [0.15, 0.2) is 0 Å². The number of fused-ring (bicyclic) bond motifs is 5. The van der Waals surface area contributed by atoms with Crippen molar-refractivity contribution < 1.29 is 0 Å². The van der Waals surface area contributed by atoms with Gasteiger partial charge in [0.1, 0.15) is 11.5 Å². The second-order valence-corrected chi connectivity index (χ2v) is 6.05. The molecule has 0 aliphatic heterocycles. The normalized spacial score (nSPS) is 12.0. The van der Waals surface area contributed by atoms with Crippen LogP contribution in [-0.4, -0.2) is 33.4 Å². The molecule has 22 heavy (non-hydrogen) atoms. The van der Waals surface area contributed by atoms with Crippen molar-refractivity contribution in [2.45, 2.75) is 13.5 Å². The zero-order chi connectivity index (χ0) is 15.3. The molecule has 4 aromatic rings. The van der Waals surface area contributed by atoms with Crippen LogP contribution in [-0.2, 0) is 6.54 Å². The van der Waals surface area contributed by atoms with E-state index in [1.54, 1.807) is 0 Å². The topological polar surface area (TPSA) is 33.4 Å². The average Bonchev–Trinajstić information content (AvgIpc) is 2.87. The zero-order valence-electron chi connectivity index (χ0n) is 13.0. The first-order valence-corrected chi connectivity index (χ1v) is 7.44. The third-order valence-corrected chi connectivity index (χ3v) is 3.92. The van der Waals surface area contributed by atoms with Crippen molar-refractivity contribution in [2.24, 2.45) is 0 Å². The standard InChI is InChI=1S/C18H18N4/c1-12-8-9-14-13(10-12)18-20-15-6-4-5-7-16(15)22(18)17(19-14)11-21(2)3/h4-10H,11H2,1-3H3. The van der Waals surface area contributed by atoms with Crippen LogP contribution >= 0.6 is 0 Å². The summed E-state index contributed by atoms with van der Waals surface area (Å²) < 4.78 is 2.19. The van der Waals surface area contributed by atoms with Crippen LogP contribution in [0.15, 0.2) is 42.5 Å². The lowest BCUT2D eigenvalue weighted by molar-refractivity contribution is 0.389. The fourth-order valence-corrected chi connectivity index (χ4v) is 2.97. The predicted molar refractivity (Wildman–Crippen MR) is 90.1 cm³/mol. The van der Waals surface area contributed by atoms with Gasteiger partial charge in [-0.05, 0) is 45.3 Å². The van der Waals surface area contributed by atoms with Gasteiger partial charge < -0.3 is 4.90 Å². The molecule has 110 valence electrons. The second kappa shape index (κ2) is 4.78. The maximum Gasteiger partial charge on any atom is 0.148 e. The van der Waals surface area contributed by atoms with Gasteiger partial charge in [-0.3, -0.25) is 4.40 Å². The van der Waals surface area contributed by atoms with Crippen molar-refractivity contribution in [3.63, 3.8) is 0 Å². The lowest BCUT2D eigenvalue weighted by Crippen LogP contribution is -2.15. The molecule has 0 aliphatic carbocycles. The SMILES string of the molecule is Cc1ccc2nc(CN(C)C)n3c4ccccc4nc3c2c1. The minimum atomic E-state index is 0.778. The zero-order valence-corrected chi connectivity index (χ0v) is 13.0. The molecule has 0 unspecified atom stereocenters. The highest BCUT2D eigenvalue weighted by Crippen LogP contribution is 2.25. The number of aryl methyl sites for hydroxylation is 1. The van der Waals surface area contributed by atoms with Gasteiger partial charge in [0.2, 0.25) is 0 Å². The quantitative estimate of drug-likeness (QED) is 0.567. The lowest BCUT2D eigenvalue weighted by atomic mass is 10.1. The van der Waals surface area contributed by atoms with E-state index in [2.05, 4.69) is 66.7 Å². The number of benzene rings is 2. The largest absolute Gasteiger partial charge is 0.302 e. The van der Waals surface area contributed by atoms with Gasteiger partial charge in [-0.2, -0.15) is 0 Å². The molecular weight excluding hydrogens is 272 g/mol. The van der Waals surface area contributed by atoms with Gasteiger partial charge in [-0.1, -0.05) is 23.8 Å². The predicted octanol–water partition coefficient (Wildman–Crippen LogP) is 3.41. The molecule has 0 bridgehead atoms. The van der Waals surface area contributed by atoms with Crippen LogP contribution in [0.5, 0.6) is 0 Å². The number of aromatic nitrogens is 3. The van der Waals surface area contributed by atoms with Gasteiger partial charge >= 0.3 is 0 Å². The fraction of sp³-hybridized carbons (Fsp3) is 0.222. The maximum atomic E-state index is 4.89. The summed E-state index contributed by atoms with van der Waals surface area (Å²) in [5.74, 6) is 1.02. The minimum absolute atomic E-state index is 0.778. The van der Waals surface area contributed by atoms with E-state index < -0.39 is 0 Å². The van der Waals surface area contributed by atoms with E-state index in [0.29, 0.717) is 0 Å². The molecule has 0 fully saturated rings. The average molecular weight is 290 g/mol. The van der Waals surface area contributed by atoms with E-state index in [-0.39, 0.29) is 0 Å². The summed E-state index contributed by atoms with van der Waals surface area (Å²) in [6, 6.07) is 14.6. The Balaban J connectivity index is 2.21. The molecule has 0 aliphatic rings. The van der Waals surface area contributed by atoms with E-state index in [0.717, 1.165) is 40.0 Å². The summed E-state index contributed by atoms with van der Waals surface area (Å²) >= 11 is 0. The molecule has 4 heteroatoms. The van der Waals surface area contributed by atoms with Crippen LogP contribution in [0, 0.1) is 6.92 Å². The summed E-state index contributed by atoms with van der Waals surface area (Å²) in [6.45, 7) is 2.88. The number of hydrogen-bond donors (Lipinski definition) is 0. The smallest absolute Gasteiger partial charge is 0.148 e. The van der Waals surface area contributed by atoms with E-state index in [4.69, 9.17) is 9.97 Å². The summed E-state index contributed by atoms with van der Waals surface area (Å²) in [7, 11) is 4.12. The first kappa shape index (κ1) is 13.2. The minimum Gasteiger partial charge on any atom is -0.302 e. The molecule has 4 rings (SSSR count). The van der Waals surface area contributed by atoms with Crippen molar-refractivity contribution in [1.29, 1.82) is 0 Å². The van der Waals surface area contributed by atoms with Crippen molar-refractivity contribution in [3.8, 4) is 0 Å². The van der Waals surface area contributed by atoms with Crippen molar-refractivity contribution in [3.05, 3.63) is 53.9 Å². The number of nitrogens with zero attached hydrogens (tertiary/aromatic N) is 4. The van der Waals surface area contributed by atoms with Crippen molar-refractivity contribution in [1.82, 2.24) is 19.3 Å². The Morgan fingerprint density at radius 1 is 1.00 bits per heavy atom. The maximum absolute atomic E-state index is 4.89. The Hall–Kier alpha value is -2.46. The second-order valence-electron chi connectivity index (χ2n) is 6.05. The molecule has 2 heterocycles. The Morgan fingerprint density at radius 2 is 1.82 bits per heavy atom. The molecule has 4 nitrogen and oxygen atoms in total.